The molecule has 2 unspecified atom stereocenters. The number of fused-ring (bicyclic) bond motifs is 1. The number of hydrogen-bond donors (Lipinski definition) is 1. The van der Waals surface area contributed by atoms with Crippen molar-refractivity contribution < 1.29 is 4.79 Å². The Balaban J connectivity index is 1.57. The lowest BCUT2D eigenvalue weighted by Crippen LogP contribution is -2.28. The van der Waals surface area contributed by atoms with Crippen molar-refractivity contribution in [3.8, 4) is 11.8 Å². The minimum absolute atomic E-state index is 0.324. The first-order chi connectivity index (χ1) is 9.70. The summed E-state index contributed by atoms with van der Waals surface area (Å²) in [5.41, 5.74) is 6.37. The van der Waals surface area contributed by atoms with Crippen molar-refractivity contribution >= 4 is 17.2 Å². The summed E-state index contributed by atoms with van der Waals surface area (Å²) < 4.78 is 0. The lowest BCUT2D eigenvalue weighted by Gasteiger charge is -2.17. The summed E-state index contributed by atoms with van der Waals surface area (Å²) in [7, 11) is 1.92. The molecule has 2 saturated carbocycles. The average molecular weight is 288 g/mol. The Bertz CT molecular complexity index is 559. The van der Waals surface area contributed by atoms with E-state index in [2.05, 4.69) is 17.9 Å². The van der Waals surface area contributed by atoms with E-state index in [1.165, 1.54) is 24.1 Å². The molecule has 2 aliphatic carbocycles. The molecule has 106 valence electrons. The van der Waals surface area contributed by atoms with Gasteiger partial charge in [0.15, 0.2) is 0 Å². The lowest BCUT2D eigenvalue weighted by atomic mass is 10.1. The molecule has 0 aromatic carbocycles. The molecular weight excluding hydrogens is 268 g/mol. The number of hydrogen-bond acceptors (Lipinski definition) is 3. The third-order valence-corrected chi connectivity index (χ3v) is 5.37. The van der Waals surface area contributed by atoms with Crippen LogP contribution in [0.15, 0.2) is 11.4 Å². The number of nitrogens with two attached hydrogens (primary N) is 1. The van der Waals surface area contributed by atoms with Gasteiger partial charge >= 0.3 is 0 Å². The van der Waals surface area contributed by atoms with Crippen LogP contribution in [0.25, 0.3) is 0 Å². The lowest BCUT2D eigenvalue weighted by molar-refractivity contribution is -0.132. The van der Waals surface area contributed by atoms with E-state index in [0.717, 1.165) is 5.56 Å². The maximum Gasteiger partial charge on any atom is 0.226 e. The van der Waals surface area contributed by atoms with Gasteiger partial charge in [0.25, 0.3) is 0 Å². The van der Waals surface area contributed by atoms with E-state index in [9.17, 15) is 4.79 Å². The largest absolute Gasteiger partial charge is 0.340 e. The van der Waals surface area contributed by atoms with Crippen LogP contribution in [0.1, 0.15) is 29.7 Å². The molecule has 1 amide bonds. The molecule has 0 saturated heterocycles. The van der Waals surface area contributed by atoms with Crippen LogP contribution in [0.5, 0.6) is 0 Å². The molecule has 2 aliphatic rings. The Hall–Kier alpha value is -1.31. The van der Waals surface area contributed by atoms with E-state index in [4.69, 9.17) is 5.73 Å². The molecule has 0 aliphatic heterocycles. The molecule has 2 fully saturated rings. The van der Waals surface area contributed by atoms with Crippen LogP contribution < -0.4 is 5.73 Å². The first kappa shape index (κ1) is 13.7. The van der Waals surface area contributed by atoms with Crippen LogP contribution in [0.3, 0.4) is 0 Å². The van der Waals surface area contributed by atoms with Crippen molar-refractivity contribution in [3.05, 3.63) is 21.9 Å². The van der Waals surface area contributed by atoms with Crippen LogP contribution >= 0.6 is 11.3 Å². The fourth-order valence-corrected chi connectivity index (χ4v) is 4.30. The Morgan fingerprint density at radius 2 is 2.25 bits per heavy atom. The normalized spacial score (nSPS) is 26.6. The van der Waals surface area contributed by atoms with Crippen LogP contribution in [-0.4, -0.2) is 24.4 Å². The summed E-state index contributed by atoms with van der Waals surface area (Å²) in [6, 6.07) is 2.06. The van der Waals surface area contributed by atoms with Crippen molar-refractivity contribution in [2.24, 2.45) is 23.5 Å². The highest BCUT2D eigenvalue weighted by molar-refractivity contribution is 7.10. The van der Waals surface area contributed by atoms with Gasteiger partial charge in [-0.2, -0.15) is 0 Å². The predicted octanol–water partition coefficient (Wildman–Crippen LogP) is 2.06. The third kappa shape index (κ3) is 2.61. The van der Waals surface area contributed by atoms with E-state index in [-0.39, 0.29) is 0 Å². The molecule has 4 heteroatoms. The fourth-order valence-electron chi connectivity index (χ4n) is 3.44. The van der Waals surface area contributed by atoms with Crippen LogP contribution in [0.2, 0.25) is 0 Å². The number of thiophene rings is 1. The zero-order valence-corrected chi connectivity index (χ0v) is 12.6. The molecule has 0 radical (unpaired) electrons. The van der Waals surface area contributed by atoms with Gasteiger partial charge in [-0.05, 0) is 30.7 Å². The molecule has 3 rings (SSSR count). The summed E-state index contributed by atoms with van der Waals surface area (Å²) >= 11 is 1.66. The highest BCUT2D eigenvalue weighted by Gasteiger charge is 2.57. The van der Waals surface area contributed by atoms with Crippen molar-refractivity contribution in [2.75, 3.05) is 13.6 Å². The molecule has 0 spiro atoms. The van der Waals surface area contributed by atoms with Crippen molar-refractivity contribution in [2.45, 2.75) is 25.8 Å². The Labute approximate surface area is 124 Å². The number of carbonyl (C=O) groups excluding carboxylic acids is 1. The highest BCUT2D eigenvalue weighted by atomic mass is 32.1. The maximum atomic E-state index is 12.4. The first-order valence-electron chi connectivity index (χ1n) is 7.22. The van der Waals surface area contributed by atoms with Gasteiger partial charge in [0.1, 0.15) is 0 Å². The highest BCUT2D eigenvalue weighted by Crippen LogP contribution is 2.58. The van der Waals surface area contributed by atoms with Crippen LogP contribution in [0, 0.1) is 29.6 Å². The van der Waals surface area contributed by atoms with Crippen molar-refractivity contribution in [3.63, 3.8) is 0 Å². The number of carbonyl (C=O) groups is 1. The van der Waals surface area contributed by atoms with E-state index in [1.807, 2.05) is 17.3 Å². The van der Waals surface area contributed by atoms with Gasteiger partial charge in [0.05, 0.1) is 13.1 Å². The van der Waals surface area contributed by atoms with Gasteiger partial charge in [-0.1, -0.05) is 18.3 Å². The molecule has 2 N–H and O–H groups in total. The van der Waals surface area contributed by atoms with Crippen molar-refractivity contribution in [1.82, 2.24) is 4.90 Å². The minimum Gasteiger partial charge on any atom is -0.340 e. The standard InChI is InChI=1S/C16H20N2OS/c1-18(16(19)15-13-5-2-6-14(13)15)9-12-8-11(10-20-12)4-3-7-17/h8,10,13-15H,2,5-7,9,17H2,1H3. The zero-order chi connectivity index (χ0) is 14.1. The molecule has 1 aromatic heterocycles. The van der Waals surface area contributed by atoms with Gasteiger partial charge in [0.2, 0.25) is 5.91 Å². The van der Waals surface area contributed by atoms with Crippen LogP contribution in [-0.2, 0) is 11.3 Å². The second kappa shape index (κ2) is 5.59. The second-order valence-electron chi connectivity index (χ2n) is 5.79. The summed E-state index contributed by atoms with van der Waals surface area (Å²) in [6.45, 7) is 1.08. The monoisotopic (exact) mass is 288 g/mol. The van der Waals surface area contributed by atoms with E-state index in [1.54, 1.807) is 11.3 Å². The quantitative estimate of drug-likeness (QED) is 0.865. The molecule has 20 heavy (non-hydrogen) atoms. The molecule has 0 bridgehead atoms. The van der Waals surface area contributed by atoms with E-state index in [0.29, 0.717) is 36.8 Å². The molecule has 3 nitrogen and oxygen atoms in total. The Morgan fingerprint density at radius 3 is 2.95 bits per heavy atom. The summed E-state index contributed by atoms with van der Waals surface area (Å²) in [6.07, 6.45) is 3.83. The van der Waals surface area contributed by atoms with E-state index < -0.39 is 0 Å². The smallest absolute Gasteiger partial charge is 0.226 e. The van der Waals surface area contributed by atoms with Gasteiger partial charge in [-0.3, -0.25) is 4.79 Å². The van der Waals surface area contributed by atoms with Gasteiger partial charge in [0, 0.05) is 28.8 Å². The van der Waals surface area contributed by atoms with Crippen molar-refractivity contribution in [1.29, 1.82) is 0 Å². The molecule has 1 aromatic rings. The topological polar surface area (TPSA) is 46.3 Å². The summed E-state index contributed by atoms with van der Waals surface area (Å²) in [5, 5.41) is 2.03. The van der Waals surface area contributed by atoms with Gasteiger partial charge < -0.3 is 10.6 Å². The molecule has 1 heterocycles. The number of nitrogens with zero attached hydrogens (tertiary/aromatic N) is 1. The SMILES string of the molecule is CN(Cc1cc(C#CCN)cs1)C(=O)C1C2CCCC21. The summed E-state index contributed by atoms with van der Waals surface area (Å²) in [4.78, 5) is 15.5. The predicted molar refractivity (Wildman–Crippen MR) is 81.0 cm³/mol. The number of amides is 1. The van der Waals surface area contributed by atoms with E-state index >= 15 is 0 Å². The average Bonchev–Trinajstić information content (AvgIpc) is 2.84. The second-order valence-corrected chi connectivity index (χ2v) is 6.78. The Morgan fingerprint density at radius 1 is 1.50 bits per heavy atom. The molecule has 2 atom stereocenters. The zero-order valence-electron chi connectivity index (χ0n) is 11.8. The van der Waals surface area contributed by atoms with Crippen LogP contribution in [0.4, 0.5) is 0 Å². The maximum absolute atomic E-state index is 12.4. The fraction of sp³-hybridized carbons (Fsp3) is 0.562. The number of rotatable bonds is 3. The van der Waals surface area contributed by atoms with Gasteiger partial charge in [-0.25, -0.2) is 0 Å². The van der Waals surface area contributed by atoms with Gasteiger partial charge in [-0.15, -0.1) is 11.3 Å². The first-order valence-corrected chi connectivity index (χ1v) is 8.10. The third-order valence-electron chi connectivity index (χ3n) is 4.45. The summed E-state index contributed by atoms with van der Waals surface area (Å²) in [5.74, 6) is 7.93. The molecular formula is C16H20N2OS. The Kier molecular flexibility index (Phi) is 3.82. The minimum atomic E-state index is 0.324.